The molecule has 0 unspecified atom stereocenters. The van der Waals surface area contributed by atoms with Crippen LogP contribution in [0.1, 0.15) is 23.2 Å². The van der Waals surface area contributed by atoms with Crippen LogP contribution < -0.4 is 0 Å². The summed E-state index contributed by atoms with van der Waals surface area (Å²) in [6.45, 7) is 0. The fourth-order valence-electron chi connectivity index (χ4n) is 1.14. The van der Waals surface area contributed by atoms with E-state index in [2.05, 4.69) is 20.9 Å². The van der Waals surface area contributed by atoms with Crippen LogP contribution in [0.3, 0.4) is 0 Å². The van der Waals surface area contributed by atoms with E-state index in [0.29, 0.717) is 0 Å². The molecule has 0 aliphatic rings. The third kappa shape index (κ3) is 2.82. The van der Waals surface area contributed by atoms with E-state index in [9.17, 15) is 22.0 Å². The van der Waals surface area contributed by atoms with Crippen molar-refractivity contribution in [3.63, 3.8) is 0 Å². The van der Waals surface area contributed by atoms with E-state index in [1.54, 1.807) is 0 Å². The second-order valence-electron chi connectivity index (χ2n) is 2.80. The SMILES string of the molecule is FC(F)c1c(CCl)cc(Br)nc1C(F)(F)F. The fraction of sp³-hybridized carbons (Fsp3) is 0.375. The summed E-state index contributed by atoms with van der Waals surface area (Å²) in [5, 5.41) is 0. The van der Waals surface area contributed by atoms with E-state index in [0.717, 1.165) is 6.07 Å². The van der Waals surface area contributed by atoms with Crippen LogP contribution in [0.15, 0.2) is 10.7 Å². The van der Waals surface area contributed by atoms with Gasteiger partial charge in [-0.15, -0.1) is 11.6 Å². The Morgan fingerprint density at radius 2 is 1.94 bits per heavy atom. The number of halogens is 7. The normalized spacial score (nSPS) is 12.2. The van der Waals surface area contributed by atoms with Crippen LogP contribution >= 0.6 is 27.5 Å². The minimum Gasteiger partial charge on any atom is -0.236 e. The lowest BCUT2D eigenvalue weighted by Crippen LogP contribution is -2.14. The van der Waals surface area contributed by atoms with Crippen molar-refractivity contribution in [2.45, 2.75) is 18.5 Å². The molecule has 16 heavy (non-hydrogen) atoms. The number of hydrogen-bond acceptors (Lipinski definition) is 1. The molecule has 0 saturated heterocycles. The quantitative estimate of drug-likeness (QED) is 0.442. The van der Waals surface area contributed by atoms with Crippen LogP contribution in [0.4, 0.5) is 22.0 Å². The number of pyridine rings is 1. The number of rotatable bonds is 2. The zero-order chi connectivity index (χ0) is 12.5. The zero-order valence-corrected chi connectivity index (χ0v) is 9.80. The molecule has 0 spiro atoms. The molecule has 0 aliphatic heterocycles. The first-order valence-corrected chi connectivity index (χ1v) is 5.20. The van der Waals surface area contributed by atoms with Gasteiger partial charge in [0.25, 0.3) is 6.43 Å². The molecule has 1 nitrogen and oxygen atoms in total. The number of hydrogen-bond donors (Lipinski definition) is 0. The Labute approximate surface area is 101 Å². The van der Waals surface area contributed by atoms with Crippen LogP contribution in [0.5, 0.6) is 0 Å². The Hall–Kier alpha value is -0.430. The minimum absolute atomic E-state index is 0.181. The van der Waals surface area contributed by atoms with Crippen LogP contribution in [-0.4, -0.2) is 4.98 Å². The summed E-state index contributed by atoms with van der Waals surface area (Å²) in [5.74, 6) is -0.441. The van der Waals surface area contributed by atoms with Crippen LogP contribution in [-0.2, 0) is 12.1 Å². The minimum atomic E-state index is -4.93. The van der Waals surface area contributed by atoms with Gasteiger partial charge in [-0.1, -0.05) is 0 Å². The topological polar surface area (TPSA) is 12.9 Å². The zero-order valence-electron chi connectivity index (χ0n) is 7.45. The Kier molecular flexibility index (Phi) is 4.12. The summed E-state index contributed by atoms with van der Waals surface area (Å²) in [6.07, 6.45) is -8.21. The molecular weight excluding hydrogens is 320 g/mol. The van der Waals surface area contributed by atoms with Gasteiger partial charge in [-0.25, -0.2) is 13.8 Å². The second-order valence-corrected chi connectivity index (χ2v) is 3.88. The molecule has 0 N–H and O–H groups in total. The largest absolute Gasteiger partial charge is 0.433 e. The van der Waals surface area contributed by atoms with Gasteiger partial charge < -0.3 is 0 Å². The van der Waals surface area contributed by atoms with Gasteiger partial charge in [-0.05, 0) is 27.6 Å². The van der Waals surface area contributed by atoms with E-state index in [1.807, 2.05) is 0 Å². The van der Waals surface area contributed by atoms with Gasteiger partial charge in [0.05, 0.1) is 5.56 Å². The van der Waals surface area contributed by atoms with Gasteiger partial charge in [0.15, 0.2) is 5.69 Å². The first-order valence-electron chi connectivity index (χ1n) is 3.88. The smallest absolute Gasteiger partial charge is 0.236 e. The van der Waals surface area contributed by atoms with E-state index < -0.39 is 29.7 Å². The van der Waals surface area contributed by atoms with E-state index in [-0.39, 0.29) is 10.2 Å². The average molecular weight is 324 g/mol. The highest BCUT2D eigenvalue weighted by molar-refractivity contribution is 9.10. The van der Waals surface area contributed by atoms with Crippen LogP contribution in [0.25, 0.3) is 0 Å². The van der Waals surface area contributed by atoms with Crippen molar-refractivity contribution in [2.24, 2.45) is 0 Å². The molecule has 0 amide bonds. The predicted octanol–water partition coefficient (Wildman–Crippen LogP) is 4.54. The molecule has 1 aromatic heterocycles. The summed E-state index contributed by atoms with van der Waals surface area (Å²) in [6, 6.07) is 1.05. The van der Waals surface area contributed by atoms with Crippen molar-refractivity contribution < 1.29 is 22.0 Å². The third-order valence-corrected chi connectivity index (χ3v) is 2.44. The van der Waals surface area contributed by atoms with Gasteiger partial charge in [0.1, 0.15) is 4.60 Å². The maximum Gasteiger partial charge on any atom is 0.433 e. The lowest BCUT2D eigenvalue weighted by Gasteiger charge is -2.14. The second kappa shape index (κ2) is 4.83. The van der Waals surface area contributed by atoms with E-state index in [1.165, 1.54) is 0 Å². The van der Waals surface area contributed by atoms with E-state index in [4.69, 9.17) is 11.6 Å². The van der Waals surface area contributed by atoms with Gasteiger partial charge in [0.2, 0.25) is 0 Å². The molecule has 8 heteroatoms. The standard InChI is InChI=1S/C8H4BrClF5N/c9-4-1-3(2-10)5(7(11)12)6(16-4)8(13,14)15/h1,7H,2H2. The fourth-order valence-corrected chi connectivity index (χ4v) is 1.82. The van der Waals surface area contributed by atoms with Crippen molar-refractivity contribution in [2.75, 3.05) is 0 Å². The molecule has 0 saturated carbocycles. The van der Waals surface area contributed by atoms with Gasteiger partial charge in [-0.2, -0.15) is 13.2 Å². The molecule has 1 rings (SSSR count). The Balaban J connectivity index is 3.51. The van der Waals surface area contributed by atoms with Crippen molar-refractivity contribution >= 4 is 27.5 Å². The maximum atomic E-state index is 12.5. The summed E-state index contributed by atoms with van der Waals surface area (Å²) in [7, 11) is 0. The Morgan fingerprint density at radius 3 is 2.31 bits per heavy atom. The predicted molar refractivity (Wildman–Crippen MR) is 51.5 cm³/mol. The number of nitrogens with zero attached hydrogens (tertiary/aromatic N) is 1. The Morgan fingerprint density at radius 1 is 1.38 bits per heavy atom. The van der Waals surface area contributed by atoms with Crippen LogP contribution in [0.2, 0.25) is 0 Å². The first-order chi connectivity index (χ1) is 7.27. The molecule has 1 aromatic rings. The summed E-state index contributed by atoms with van der Waals surface area (Å²) in [5.41, 5.74) is -3.05. The van der Waals surface area contributed by atoms with Gasteiger partial charge in [0, 0.05) is 5.88 Å². The average Bonchev–Trinajstić information content (AvgIpc) is 2.14. The maximum absolute atomic E-state index is 12.5. The summed E-state index contributed by atoms with van der Waals surface area (Å²) >= 11 is 8.04. The van der Waals surface area contributed by atoms with E-state index >= 15 is 0 Å². The lowest BCUT2D eigenvalue weighted by atomic mass is 10.1. The molecule has 0 aromatic carbocycles. The highest BCUT2D eigenvalue weighted by Gasteiger charge is 2.39. The highest BCUT2D eigenvalue weighted by Crippen LogP contribution is 2.38. The number of alkyl halides is 6. The van der Waals surface area contributed by atoms with Crippen molar-refractivity contribution in [1.29, 1.82) is 0 Å². The third-order valence-electron chi connectivity index (χ3n) is 1.74. The summed E-state index contributed by atoms with van der Waals surface area (Å²) in [4.78, 5) is 3.03. The highest BCUT2D eigenvalue weighted by atomic mass is 79.9. The molecule has 0 aliphatic carbocycles. The molecule has 90 valence electrons. The molecule has 0 atom stereocenters. The lowest BCUT2D eigenvalue weighted by molar-refractivity contribution is -0.143. The van der Waals surface area contributed by atoms with Gasteiger partial charge >= 0.3 is 6.18 Å². The molecule has 1 heterocycles. The van der Waals surface area contributed by atoms with Crippen molar-refractivity contribution in [3.05, 3.63) is 27.5 Å². The van der Waals surface area contributed by atoms with Crippen molar-refractivity contribution in [3.8, 4) is 0 Å². The molecule has 0 radical (unpaired) electrons. The first kappa shape index (κ1) is 13.6. The van der Waals surface area contributed by atoms with Gasteiger partial charge in [-0.3, -0.25) is 0 Å². The monoisotopic (exact) mass is 323 g/mol. The molecule has 0 fully saturated rings. The summed E-state index contributed by atoms with van der Waals surface area (Å²) < 4.78 is 62.2. The van der Waals surface area contributed by atoms with Crippen molar-refractivity contribution in [1.82, 2.24) is 4.98 Å². The molecule has 0 bridgehead atoms. The molecular formula is C8H4BrClF5N. The number of aromatic nitrogens is 1. The van der Waals surface area contributed by atoms with Crippen LogP contribution in [0, 0.1) is 0 Å². The Bertz CT molecular complexity index is 393.